The number of benzene rings is 3. The van der Waals surface area contributed by atoms with Gasteiger partial charge in [0.25, 0.3) is 11.6 Å². The summed E-state index contributed by atoms with van der Waals surface area (Å²) in [7, 11) is 0. The number of carbonyl (C=O) groups is 3. The molecule has 2 N–H and O–H groups in total. The summed E-state index contributed by atoms with van der Waals surface area (Å²) in [5.74, 6) is -0.0516. The summed E-state index contributed by atoms with van der Waals surface area (Å²) in [4.78, 5) is 52.3. The highest BCUT2D eigenvalue weighted by molar-refractivity contribution is 6.37. The Hall–Kier alpha value is -4.99. The van der Waals surface area contributed by atoms with E-state index < -0.39 is 4.92 Å². The smallest absolute Gasteiger partial charge is 0.270 e. The van der Waals surface area contributed by atoms with Gasteiger partial charge in [0.05, 0.1) is 16.2 Å². The number of aryl methyl sites for hydroxylation is 1. The van der Waals surface area contributed by atoms with Crippen molar-refractivity contribution in [3.63, 3.8) is 0 Å². The molecule has 3 aromatic rings. The normalized spacial score (nSPS) is 17.1. The van der Waals surface area contributed by atoms with Gasteiger partial charge in [-0.2, -0.15) is 0 Å². The van der Waals surface area contributed by atoms with Crippen molar-refractivity contribution in [3.8, 4) is 0 Å². The minimum atomic E-state index is -0.464. The molecule has 1 saturated heterocycles. The number of amides is 3. The largest absolute Gasteiger partial charge is 0.354 e. The maximum Gasteiger partial charge on any atom is 0.270 e. The SMILES string of the molecule is CC(=O)N1CCc2cc(N/C(=C3\C(=O)Nc4ccc([N+](=O)[O-])cc43)c3ccc(CCCN4CCCCC4=O)cc3)ccc2C1. The van der Waals surface area contributed by atoms with E-state index in [-0.39, 0.29) is 23.4 Å². The van der Waals surface area contributed by atoms with E-state index in [1.807, 2.05) is 52.3 Å². The van der Waals surface area contributed by atoms with Gasteiger partial charge in [0.2, 0.25) is 11.8 Å². The van der Waals surface area contributed by atoms with Crippen LogP contribution in [0.15, 0.2) is 60.7 Å². The van der Waals surface area contributed by atoms with Gasteiger partial charge in [0.1, 0.15) is 0 Å². The molecule has 44 heavy (non-hydrogen) atoms. The number of nitro benzene ring substituents is 1. The molecule has 0 atom stereocenters. The quantitative estimate of drug-likeness (QED) is 0.205. The highest BCUT2D eigenvalue weighted by Crippen LogP contribution is 2.39. The highest BCUT2D eigenvalue weighted by Gasteiger charge is 2.30. The predicted molar refractivity (Wildman–Crippen MR) is 169 cm³/mol. The number of likely N-dealkylation sites (tertiary alicyclic amines) is 1. The summed E-state index contributed by atoms with van der Waals surface area (Å²) in [6.45, 7) is 4.36. The summed E-state index contributed by atoms with van der Waals surface area (Å²) in [5, 5.41) is 17.9. The van der Waals surface area contributed by atoms with Crippen molar-refractivity contribution in [1.82, 2.24) is 9.80 Å². The van der Waals surface area contributed by atoms with Gasteiger partial charge < -0.3 is 20.4 Å². The lowest BCUT2D eigenvalue weighted by Gasteiger charge is -2.28. The molecule has 3 aliphatic rings. The number of hydrogen-bond donors (Lipinski definition) is 2. The predicted octanol–water partition coefficient (Wildman–Crippen LogP) is 5.38. The number of carbonyl (C=O) groups excluding carboxylic acids is 3. The van der Waals surface area contributed by atoms with Crippen molar-refractivity contribution in [2.75, 3.05) is 30.3 Å². The summed E-state index contributed by atoms with van der Waals surface area (Å²) in [6, 6.07) is 18.3. The second kappa shape index (κ2) is 12.3. The zero-order valence-corrected chi connectivity index (χ0v) is 24.7. The molecule has 3 aromatic carbocycles. The van der Waals surface area contributed by atoms with Crippen LogP contribution in [0.4, 0.5) is 17.1 Å². The van der Waals surface area contributed by atoms with Crippen LogP contribution in [-0.4, -0.2) is 52.1 Å². The molecule has 0 saturated carbocycles. The van der Waals surface area contributed by atoms with E-state index >= 15 is 0 Å². The van der Waals surface area contributed by atoms with Gasteiger partial charge in [-0.05, 0) is 72.6 Å². The van der Waals surface area contributed by atoms with Crippen LogP contribution in [0.1, 0.15) is 60.4 Å². The summed E-state index contributed by atoms with van der Waals surface area (Å²) in [5.41, 5.74) is 6.67. The standard InChI is InChI=1S/C34H35N5O5/c1-22(40)38-18-15-25-19-27(12-11-26(25)21-38)35-33(32-29-20-28(39(43)44)13-14-30(29)36-34(32)42)24-9-7-23(8-10-24)5-4-17-37-16-3-2-6-31(37)41/h7-14,19-20,35H,2-6,15-18,21H2,1H3,(H,36,42)/b33-32-. The monoisotopic (exact) mass is 593 g/mol. The van der Waals surface area contributed by atoms with Gasteiger partial charge in [-0.3, -0.25) is 24.5 Å². The lowest BCUT2D eigenvalue weighted by Crippen LogP contribution is -2.36. The lowest BCUT2D eigenvalue weighted by atomic mass is 9.96. The second-order valence-corrected chi connectivity index (χ2v) is 11.6. The van der Waals surface area contributed by atoms with Crippen molar-refractivity contribution in [2.24, 2.45) is 0 Å². The van der Waals surface area contributed by atoms with Crippen molar-refractivity contribution in [2.45, 2.75) is 52.0 Å². The van der Waals surface area contributed by atoms with E-state index in [4.69, 9.17) is 0 Å². The molecular weight excluding hydrogens is 558 g/mol. The van der Waals surface area contributed by atoms with Crippen molar-refractivity contribution < 1.29 is 19.3 Å². The Morgan fingerprint density at radius 1 is 0.977 bits per heavy atom. The Bertz CT molecular complexity index is 1680. The minimum absolute atomic E-state index is 0.0494. The van der Waals surface area contributed by atoms with E-state index in [0.29, 0.717) is 42.0 Å². The number of nitrogens with zero attached hydrogens (tertiary/aromatic N) is 3. The van der Waals surface area contributed by atoms with E-state index in [9.17, 15) is 24.5 Å². The number of nitrogens with one attached hydrogen (secondary N) is 2. The van der Waals surface area contributed by atoms with E-state index in [0.717, 1.165) is 73.1 Å². The first-order chi connectivity index (χ1) is 21.3. The molecule has 10 nitrogen and oxygen atoms in total. The Kier molecular flexibility index (Phi) is 8.15. The third-order valence-corrected chi connectivity index (χ3v) is 8.70. The molecule has 0 unspecified atom stereocenters. The first-order valence-electron chi connectivity index (χ1n) is 15.1. The van der Waals surface area contributed by atoms with Gasteiger partial charge in [-0.15, -0.1) is 0 Å². The third kappa shape index (κ3) is 6.06. The Balaban J connectivity index is 1.31. The van der Waals surface area contributed by atoms with Crippen LogP contribution in [0, 0.1) is 10.1 Å². The number of hydrogen-bond acceptors (Lipinski definition) is 6. The number of nitro groups is 1. The number of non-ortho nitro benzene ring substituents is 1. The Morgan fingerprint density at radius 2 is 1.80 bits per heavy atom. The molecule has 0 aromatic heterocycles. The molecule has 3 amide bonds. The average molecular weight is 594 g/mol. The van der Waals surface area contributed by atoms with Gasteiger partial charge in [-0.25, -0.2) is 0 Å². The third-order valence-electron chi connectivity index (χ3n) is 8.70. The molecule has 1 fully saturated rings. The Morgan fingerprint density at radius 3 is 2.55 bits per heavy atom. The van der Waals surface area contributed by atoms with E-state index in [1.165, 1.54) is 12.1 Å². The van der Waals surface area contributed by atoms with E-state index in [2.05, 4.69) is 10.6 Å². The zero-order chi connectivity index (χ0) is 30.8. The van der Waals surface area contributed by atoms with Crippen LogP contribution in [-0.2, 0) is 33.8 Å². The van der Waals surface area contributed by atoms with Crippen molar-refractivity contribution >= 4 is 46.1 Å². The van der Waals surface area contributed by atoms with Gasteiger partial charge in [0.15, 0.2) is 0 Å². The van der Waals surface area contributed by atoms with Gasteiger partial charge in [0, 0.05) is 68.6 Å². The van der Waals surface area contributed by atoms with Crippen molar-refractivity contribution in [3.05, 3.63) is 98.6 Å². The van der Waals surface area contributed by atoms with Crippen LogP contribution in [0.5, 0.6) is 0 Å². The molecule has 0 aliphatic carbocycles. The molecular formula is C34H35N5O5. The first-order valence-corrected chi connectivity index (χ1v) is 15.1. The van der Waals surface area contributed by atoms with Gasteiger partial charge >= 0.3 is 0 Å². The molecule has 3 aliphatic heterocycles. The topological polar surface area (TPSA) is 125 Å². The number of anilines is 2. The van der Waals surface area contributed by atoms with Crippen LogP contribution >= 0.6 is 0 Å². The molecule has 0 spiro atoms. The van der Waals surface area contributed by atoms with Crippen LogP contribution in [0.3, 0.4) is 0 Å². The summed E-state index contributed by atoms with van der Waals surface area (Å²) < 4.78 is 0. The molecule has 0 bridgehead atoms. The Labute approximate surface area is 255 Å². The number of rotatable bonds is 8. The molecule has 3 heterocycles. The summed E-state index contributed by atoms with van der Waals surface area (Å²) in [6.07, 6.45) is 5.09. The fraction of sp³-hybridized carbons (Fsp3) is 0.324. The van der Waals surface area contributed by atoms with Crippen LogP contribution in [0.2, 0.25) is 0 Å². The zero-order valence-electron chi connectivity index (χ0n) is 24.7. The van der Waals surface area contributed by atoms with Crippen LogP contribution < -0.4 is 10.6 Å². The van der Waals surface area contributed by atoms with E-state index in [1.54, 1.807) is 13.0 Å². The first kappa shape index (κ1) is 29.1. The molecule has 6 rings (SSSR count). The number of fused-ring (bicyclic) bond motifs is 2. The number of piperidine rings is 1. The minimum Gasteiger partial charge on any atom is -0.354 e. The molecule has 0 radical (unpaired) electrons. The fourth-order valence-electron chi connectivity index (χ4n) is 6.25. The molecule has 226 valence electrons. The maximum atomic E-state index is 13.4. The lowest BCUT2D eigenvalue weighted by molar-refractivity contribution is -0.384. The van der Waals surface area contributed by atoms with Crippen molar-refractivity contribution in [1.29, 1.82) is 0 Å². The molecule has 10 heteroatoms. The van der Waals surface area contributed by atoms with Crippen LogP contribution in [0.25, 0.3) is 11.3 Å². The summed E-state index contributed by atoms with van der Waals surface area (Å²) >= 11 is 0. The second-order valence-electron chi connectivity index (χ2n) is 11.6. The van der Waals surface area contributed by atoms with Gasteiger partial charge in [-0.1, -0.05) is 30.3 Å². The fourth-order valence-corrected chi connectivity index (χ4v) is 6.25. The maximum absolute atomic E-state index is 13.4. The average Bonchev–Trinajstić information content (AvgIpc) is 3.35. The highest BCUT2D eigenvalue weighted by atomic mass is 16.6.